The molecule has 0 unspecified atom stereocenters. The normalized spacial score (nSPS) is 10.5. The number of fused-ring (bicyclic) bond motifs is 1. The molecule has 23 heavy (non-hydrogen) atoms. The van der Waals surface area contributed by atoms with E-state index in [0.29, 0.717) is 28.2 Å². The molecule has 0 saturated heterocycles. The lowest BCUT2D eigenvalue weighted by atomic mass is 10.2. The van der Waals surface area contributed by atoms with Crippen molar-refractivity contribution in [3.8, 4) is 5.75 Å². The summed E-state index contributed by atoms with van der Waals surface area (Å²) >= 11 is 0. The topological polar surface area (TPSA) is 68.5 Å². The van der Waals surface area contributed by atoms with Crippen LogP contribution in [0.4, 0.5) is 5.69 Å². The summed E-state index contributed by atoms with van der Waals surface area (Å²) in [5, 5.41) is 3.18. The van der Waals surface area contributed by atoms with Crippen LogP contribution in [0.2, 0.25) is 0 Å². The number of carbonyl (C=O) groups is 1. The average molecular weight is 309 g/mol. The molecule has 3 aromatic rings. The van der Waals surface area contributed by atoms with Crippen molar-refractivity contribution in [2.24, 2.45) is 0 Å². The van der Waals surface area contributed by atoms with Crippen molar-refractivity contribution in [2.45, 2.75) is 6.42 Å². The Morgan fingerprint density at radius 3 is 2.65 bits per heavy atom. The molecule has 0 fully saturated rings. The van der Waals surface area contributed by atoms with E-state index >= 15 is 0 Å². The zero-order chi connectivity index (χ0) is 16.2. The molecule has 1 N–H and O–H groups in total. The lowest BCUT2D eigenvalue weighted by Gasteiger charge is -2.07. The number of rotatable bonds is 4. The minimum absolute atomic E-state index is 0.0296. The summed E-state index contributed by atoms with van der Waals surface area (Å²) in [5.74, 6) is 0.499. The quantitative estimate of drug-likeness (QED) is 0.804. The standard InChI is InChI=1S/C18H15NO4/c1-22-16-9-5-8-14-15(20)10-13(23-18(14)16)11-17(21)19-12-6-3-2-4-7-12/h2-10H,11H2,1H3,(H,19,21). The van der Waals surface area contributed by atoms with Crippen LogP contribution in [-0.2, 0) is 11.2 Å². The van der Waals surface area contributed by atoms with Crippen molar-refractivity contribution >= 4 is 22.6 Å². The SMILES string of the molecule is COc1cccc2c(=O)cc(CC(=O)Nc3ccccc3)oc12. The van der Waals surface area contributed by atoms with Gasteiger partial charge in [-0.25, -0.2) is 0 Å². The van der Waals surface area contributed by atoms with Gasteiger partial charge in [0, 0.05) is 11.8 Å². The summed E-state index contributed by atoms with van der Waals surface area (Å²) < 4.78 is 10.9. The average Bonchev–Trinajstić information content (AvgIpc) is 2.55. The van der Waals surface area contributed by atoms with Gasteiger partial charge in [0.2, 0.25) is 5.91 Å². The molecule has 0 radical (unpaired) electrons. The molecule has 0 spiro atoms. The van der Waals surface area contributed by atoms with Crippen molar-refractivity contribution in [1.82, 2.24) is 0 Å². The maximum atomic E-state index is 12.2. The third kappa shape index (κ3) is 3.23. The molecule has 0 aliphatic rings. The van der Waals surface area contributed by atoms with Gasteiger partial charge in [-0.2, -0.15) is 0 Å². The Kier molecular flexibility index (Phi) is 4.10. The van der Waals surface area contributed by atoms with E-state index < -0.39 is 0 Å². The third-order valence-corrected chi connectivity index (χ3v) is 3.38. The first-order chi connectivity index (χ1) is 11.2. The predicted octanol–water partition coefficient (Wildman–Crippen LogP) is 2.98. The molecule has 0 aliphatic heterocycles. The van der Waals surface area contributed by atoms with Crippen LogP contribution in [0.25, 0.3) is 11.0 Å². The first-order valence-electron chi connectivity index (χ1n) is 7.12. The van der Waals surface area contributed by atoms with Gasteiger partial charge in [-0.05, 0) is 24.3 Å². The number of benzene rings is 2. The molecule has 3 rings (SSSR count). The van der Waals surface area contributed by atoms with E-state index in [1.807, 2.05) is 18.2 Å². The Morgan fingerprint density at radius 2 is 1.91 bits per heavy atom. The lowest BCUT2D eigenvalue weighted by molar-refractivity contribution is -0.115. The predicted molar refractivity (Wildman–Crippen MR) is 87.8 cm³/mol. The van der Waals surface area contributed by atoms with Crippen molar-refractivity contribution in [2.75, 3.05) is 12.4 Å². The summed E-state index contributed by atoms with van der Waals surface area (Å²) in [7, 11) is 1.50. The molecule has 0 saturated carbocycles. The number of hydrogen-bond acceptors (Lipinski definition) is 4. The van der Waals surface area contributed by atoms with Crippen LogP contribution in [0, 0.1) is 0 Å². The Balaban J connectivity index is 1.88. The molecular formula is C18H15NO4. The maximum absolute atomic E-state index is 12.2. The Bertz CT molecular complexity index is 900. The van der Waals surface area contributed by atoms with Gasteiger partial charge in [0.25, 0.3) is 0 Å². The molecule has 1 aromatic heterocycles. The number of anilines is 1. The molecule has 1 amide bonds. The van der Waals surface area contributed by atoms with Gasteiger partial charge >= 0.3 is 0 Å². The van der Waals surface area contributed by atoms with Gasteiger partial charge in [-0.3, -0.25) is 9.59 Å². The van der Waals surface area contributed by atoms with Crippen molar-refractivity contribution in [3.05, 3.63) is 70.6 Å². The van der Waals surface area contributed by atoms with E-state index in [2.05, 4.69) is 5.32 Å². The zero-order valence-corrected chi connectivity index (χ0v) is 12.5. The molecular weight excluding hydrogens is 294 g/mol. The number of carbonyl (C=O) groups excluding carboxylic acids is 1. The van der Waals surface area contributed by atoms with Gasteiger partial charge in [-0.1, -0.05) is 24.3 Å². The molecule has 116 valence electrons. The van der Waals surface area contributed by atoms with Crippen molar-refractivity contribution in [1.29, 1.82) is 0 Å². The number of hydrogen-bond donors (Lipinski definition) is 1. The van der Waals surface area contributed by atoms with Crippen LogP contribution in [-0.4, -0.2) is 13.0 Å². The van der Waals surface area contributed by atoms with Gasteiger partial charge in [0.1, 0.15) is 5.76 Å². The fourth-order valence-corrected chi connectivity index (χ4v) is 2.33. The van der Waals surface area contributed by atoms with E-state index in [-0.39, 0.29) is 17.8 Å². The summed E-state index contributed by atoms with van der Waals surface area (Å²) in [4.78, 5) is 24.2. The number of nitrogens with one attached hydrogen (secondary N) is 1. The van der Waals surface area contributed by atoms with Crippen molar-refractivity contribution in [3.63, 3.8) is 0 Å². The molecule has 0 bridgehead atoms. The molecule has 0 aliphatic carbocycles. The summed E-state index contributed by atoms with van der Waals surface area (Å²) in [6.07, 6.45) is -0.0296. The summed E-state index contributed by atoms with van der Waals surface area (Å²) in [6, 6.07) is 15.5. The van der Waals surface area contributed by atoms with E-state index in [0.717, 1.165) is 0 Å². The zero-order valence-electron chi connectivity index (χ0n) is 12.5. The van der Waals surface area contributed by atoms with Crippen LogP contribution >= 0.6 is 0 Å². The van der Waals surface area contributed by atoms with E-state index in [1.165, 1.54) is 13.2 Å². The molecule has 2 aromatic carbocycles. The Hall–Kier alpha value is -3.08. The fourth-order valence-electron chi connectivity index (χ4n) is 2.33. The van der Waals surface area contributed by atoms with Gasteiger partial charge < -0.3 is 14.5 Å². The smallest absolute Gasteiger partial charge is 0.231 e. The molecule has 5 heteroatoms. The highest BCUT2D eigenvalue weighted by Gasteiger charge is 2.12. The van der Waals surface area contributed by atoms with Gasteiger partial charge in [-0.15, -0.1) is 0 Å². The van der Waals surface area contributed by atoms with Crippen molar-refractivity contribution < 1.29 is 13.9 Å². The maximum Gasteiger partial charge on any atom is 0.231 e. The Morgan fingerprint density at radius 1 is 1.13 bits per heavy atom. The number of ether oxygens (including phenoxy) is 1. The Labute approximate surface area is 132 Å². The highest BCUT2D eigenvalue weighted by molar-refractivity contribution is 5.92. The minimum Gasteiger partial charge on any atom is -0.493 e. The fraction of sp³-hybridized carbons (Fsp3) is 0.111. The van der Waals surface area contributed by atoms with Crippen LogP contribution in [0.15, 0.2) is 63.8 Å². The second-order valence-corrected chi connectivity index (χ2v) is 5.00. The lowest BCUT2D eigenvalue weighted by Crippen LogP contribution is -2.15. The first kappa shape index (κ1) is 14.8. The molecule has 1 heterocycles. The molecule has 0 atom stereocenters. The first-order valence-corrected chi connectivity index (χ1v) is 7.12. The van der Waals surface area contributed by atoms with E-state index in [4.69, 9.17) is 9.15 Å². The number of para-hydroxylation sites is 2. The van der Waals surface area contributed by atoms with Crippen LogP contribution in [0.5, 0.6) is 5.75 Å². The van der Waals surface area contributed by atoms with Crippen LogP contribution < -0.4 is 15.5 Å². The second-order valence-electron chi connectivity index (χ2n) is 5.00. The third-order valence-electron chi connectivity index (χ3n) is 3.38. The second kappa shape index (κ2) is 6.36. The van der Waals surface area contributed by atoms with Crippen LogP contribution in [0.1, 0.15) is 5.76 Å². The van der Waals surface area contributed by atoms with Gasteiger partial charge in [0.05, 0.1) is 18.9 Å². The number of methoxy groups -OCH3 is 1. The van der Waals surface area contributed by atoms with Gasteiger partial charge in [0.15, 0.2) is 16.8 Å². The van der Waals surface area contributed by atoms with E-state index in [9.17, 15) is 9.59 Å². The highest BCUT2D eigenvalue weighted by Crippen LogP contribution is 2.24. The monoisotopic (exact) mass is 309 g/mol. The number of amides is 1. The van der Waals surface area contributed by atoms with E-state index in [1.54, 1.807) is 30.3 Å². The highest BCUT2D eigenvalue weighted by atomic mass is 16.5. The molecule has 5 nitrogen and oxygen atoms in total. The summed E-state index contributed by atoms with van der Waals surface area (Å²) in [6.45, 7) is 0. The largest absolute Gasteiger partial charge is 0.493 e. The summed E-state index contributed by atoms with van der Waals surface area (Å²) in [5.41, 5.74) is 0.843. The minimum atomic E-state index is -0.256. The van der Waals surface area contributed by atoms with Crippen LogP contribution in [0.3, 0.4) is 0 Å².